The third-order valence-electron chi connectivity index (χ3n) is 4.73. The van der Waals surface area contributed by atoms with Crippen molar-refractivity contribution in [2.75, 3.05) is 32.4 Å². The van der Waals surface area contributed by atoms with E-state index < -0.39 is 0 Å². The summed E-state index contributed by atoms with van der Waals surface area (Å²) in [7, 11) is 1.87. The summed E-state index contributed by atoms with van der Waals surface area (Å²) in [6.45, 7) is 7.95. The van der Waals surface area contributed by atoms with Gasteiger partial charge in [0.05, 0.1) is 0 Å². The third-order valence-corrected chi connectivity index (χ3v) is 6.13. The van der Waals surface area contributed by atoms with Crippen LogP contribution in [0.3, 0.4) is 0 Å². The van der Waals surface area contributed by atoms with Gasteiger partial charge in [0, 0.05) is 37.5 Å². The van der Waals surface area contributed by atoms with Crippen LogP contribution in [0.4, 0.5) is 0 Å². The van der Waals surface area contributed by atoms with E-state index >= 15 is 0 Å². The highest BCUT2D eigenvalue weighted by atomic mass is 32.2. The molecule has 0 aromatic carbocycles. The van der Waals surface area contributed by atoms with Gasteiger partial charge in [-0.15, -0.1) is 0 Å². The van der Waals surface area contributed by atoms with Gasteiger partial charge in [-0.3, -0.25) is 9.89 Å². The van der Waals surface area contributed by atoms with Gasteiger partial charge < -0.3 is 10.6 Å². The molecule has 2 rings (SSSR count). The summed E-state index contributed by atoms with van der Waals surface area (Å²) < 4.78 is 0. The molecule has 0 aliphatic carbocycles. The summed E-state index contributed by atoms with van der Waals surface area (Å²) in [6.07, 6.45) is 6.79. The molecule has 2 heterocycles. The van der Waals surface area contributed by atoms with Crippen LogP contribution in [0, 0.1) is 0 Å². The van der Waals surface area contributed by atoms with E-state index in [0.29, 0.717) is 6.04 Å². The molecule has 2 aliphatic heterocycles. The number of guanidine groups is 1. The van der Waals surface area contributed by atoms with Crippen LogP contribution in [-0.2, 0) is 0 Å². The highest BCUT2D eigenvalue weighted by Gasteiger charge is 2.23. The van der Waals surface area contributed by atoms with Gasteiger partial charge >= 0.3 is 0 Å². The van der Waals surface area contributed by atoms with Crippen LogP contribution in [-0.4, -0.2) is 60.6 Å². The predicted octanol–water partition coefficient (Wildman–Crippen LogP) is 2.31. The zero-order valence-electron chi connectivity index (χ0n) is 13.9. The monoisotopic (exact) mass is 312 g/mol. The fraction of sp³-hybridized carbons (Fsp3) is 0.938. The van der Waals surface area contributed by atoms with Gasteiger partial charge in [-0.05, 0) is 51.8 Å². The number of aliphatic imine (C=N–C) groups is 1. The summed E-state index contributed by atoms with van der Waals surface area (Å²) in [5.74, 6) is 2.28. The fourth-order valence-corrected chi connectivity index (χ4v) is 4.57. The number of hydrogen-bond acceptors (Lipinski definition) is 3. The van der Waals surface area contributed by atoms with Gasteiger partial charge in [0.2, 0.25) is 0 Å². The number of thioether (sulfide) groups is 1. The van der Waals surface area contributed by atoms with Crippen molar-refractivity contribution in [2.45, 2.75) is 63.3 Å². The van der Waals surface area contributed by atoms with Crippen molar-refractivity contribution in [3.05, 3.63) is 0 Å². The summed E-state index contributed by atoms with van der Waals surface area (Å²) >= 11 is 2.09. The van der Waals surface area contributed by atoms with Crippen molar-refractivity contribution in [2.24, 2.45) is 4.99 Å². The maximum atomic E-state index is 4.35. The van der Waals surface area contributed by atoms with E-state index in [9.17, 15) is 0 Å². The lowest BCUT2D eigenvalue weighted by Crippen LogP contribution is -2.50. The van der Waals surface area contributed by atoms with Gasteiger partial charge in [-0.2, -0.15) is 11.8 Å². The summed E-state index contributed by atoms with van der Waals surface area (Å²) in [6, 6.07) is 1.29. The largest absolute Gasteiger partial charge is 0.355 e. The van der Waals surface area contributed by atoms with Crippen molar-refractivity contribution < 1.29 is 0 Å². The average molecular weight is 313 g/mol. The Bertz CT molecular complexity index is 328. The second-order valence-corrected chi connectivity index (χ2v) is 7.81. The van der Waals surface area contributed by atoms with Crippen LogP contribution in [0.5, 0.6) is 0 Å². The van der Waals surface area contributed by atoms with Gasteiger partial charge in [-0.1, -0.05) is 6.42 Å². The highest BCUT2D eigenvalue weighted by molar-refractivity contribution is 8.00. The molecule has 0 aromatic rings. The zero-order chi connectivity index (χ0) is 15.1. The SMILES string of the molecule is CN=C(NCC1CCCS1)NCC(C)N1CCCCC1C. The first-order valence-corrected chi connectivity index (χ1v) is 9.57. The van der Waals surface area contributed by atoms with E-state index in [0.717, 1.165) is 30.3 Å². The number of nitrogens with one attached hydrogen (secondary N) is 2. The van der Waals surface area contributed by atoms with E-state index in [1.807, 2.05) is 7.05 Å². The van der Waals surface area contributed by atoms with Crippen molar-refractivity contribution in [1.29, 1.82) is 0 Å². The van der Waals surface area contributed by atoms with Crippen molar-refractivity contribution in [3.8, 4) is 0 Å². The van der Waals surface area contributed by atoms with Crippen LogP contribution in [0.15, 0.2) is 4.99 Å². The summed E-state index contributed by atoms with van der Waals surface area (Å²) in [5.41, 5.74) is 0. The Morgan fingerprint density at radius 2 is 2.14 bits per heavy atom. The second-order valence-electron chi connectivity index (χ2n) is 6.40. The predicted molar refractivity (Wildman–Crippen MR) is 94.3 cm³/mol. The number of piperidine rings is 1. The Morgan fingerprint density at radius 3 is 2.81 bits per heavy atom. The Kier molecular flexibility index (Phi) is 7.17. The van der Waals surface area contributed by atoms with Crippen LogP contribution >= 0.6 is 11.8 Å². The second kappa shape index (κ2) is 8.89. The first-order valence-electron chi connectivity index (χ1n) is 8.52. The quantitative estimate of drug-likeness (QED) is 0.604. The zero-order valence-corrected chi connectivity index (χ0v) is 14.7. The van der Waals surface area contributed by atoms with E-state index in [1.54, 1.807) is 0 Å². The lowest BCUT2D eigenvalue weighted by Gasteiger charge is -2.38. The normalized spacial score (nSPS) is 29.4. The molecular weight excluding hydrogens is 280 g/mol. The molecule has 0 bridgehead atoms. The van der Waals surface area contributed by atoms with E-state index in [4.69, 9.17) is 0 Å². The maximum absolute atomic E-state index is 4.35. The van der Waals surface area contributed by atoms with E-state index in [-0.39, 0.29) is 0 Å². The van der Waals surface area contributed by atoms with Crippen molar-refractivity contribution >= 4 is 17.7 Å². The van der Waals surface area contributed by atoms with Crippen LogP contribution in [0.25, 0.3) is 0 Å². The van der Waals surface area contributed by atoms with Gasteiger partial charge in [-0.25, -0.2) is 0 Å². The summed E-state index contributed by atoms with van der Waals surface area (Å²) in [4.78, 5) is 6.99. The van der Waals surface area contributed by atoms with Crippen molar-refractivity contribution in [1.82, 2.24) is 15.5 Å². The Balaban J connectivity index is 1.69. The van der Waals surface area contributed by atoms with Crippen LogP contribution in [0.2, 0.25) is 0 Å². The van der Waals surface area contributed by atoms with E-state index in [2.05, 4.69) is 46.1 Å². The van der Waals surface area contributed by atoms with Crippen LogP contribution < -0.4 is 10.6 Å². The highest BCUT2D eigenvalue weighted by Crippen LogP contribution is 2.25. The molecule has 0 saturated carbocycles. The third kappa shape index (κ3) is 5.37. The molecule has 2 aliphatic rings. The van der Waals surface area contributed by atoms with Gasteiger partial charge in [0.15, 0.2) is 5.96 Å². The smallest absolute Gasteiger partial charge is 0.191 e. The number of hydrogen-bond donors (Lipinski definition) is 2. The molecule has 0 radical (unpaired) electrons. The molecule has 0 spiro atoms. The number of rotatable bonds is 5. The molecule has 21 heavy (non-hydrogen) atoms. The lowest BCUT2D eigenvalue weighted by atomic mass is 10.0. The minimum Gasteiger partial charge on any atom is -0.355 e. The standard InChI is InChI=1S/C16H32N4S/c1-13-7-4-5-9-20(13)14(2)11-18-16(17-3)19-12-15-8-6-10-21-15/h13-15H,4-12H2,1-3H3,(H2,17,18,19). The average Bonchev–Trinajstić information content (AvgIpc) is 3.01. The molecule has 3 atom stereocenters. The first-order chi connectivity index (χ1) is 10.2. The fourth-order valence-electron chi connectivity index (χ4n) is 3.37. The molecule has 3 unspecified atom stereocenters. The van der Waals surface area contributed by atoms with Crippen molar-refractivity contribution in [3.63, 3.8) is 0 Å². The number of nitrogens with zero attached hydrogens (tertiary/aromatic N) is 2. The van der Waals surface area contributed by atoms with Gasteiger partial charge in [0.1, 0.15) is 0 Å². The molecule has 4 nitrogen and oxygen atoms in total. The Morgan fingerprint density at radius 1 is 1.29 bits per heavy atom. The molecular formula is C16H32N4S. The van der Waals surface area contributed by atoms with Crippen LogP contribution in [0.1, 0.15) is 46.0 Å². The van der Waals surface area contributed by atoms with Gasteiger partial charge in [0.25, 0.3) is 0 Å². The molecule has 2 fully saturated rings. The first kappa shape index (κ1) is 16.9. The summed E-state index contributed by atoms with van der Waals surface area (Å²) in [5, 5.41) is 7.75. The molecule has 2 N–H and O–H groups in total. The lowest BCUT2D eigenvalue weighted by molar-refractivity contribution is 0.115. The maximum Gasteiger partial charge on any atom is 0.191 e. The Hall–Kier alpha value is -0.420. The molecule has 2 saturated heterocycles. The molecule has 0 amide bonds. The Labute approximate surface area is 134 Å². The molecule has 122 valence electrons. The minimum atomic E-state index is 0.569. The molecule has 5 heteroatoms. The van der Waals surface area contributed by atoms with E-state index in [1.165, 1.54) is 44.4 Å². The molecule has 0 aromatic heterocycles. The minimum absolute atomic E-state index is 0.569. The number of likely N-dealkylation sites (tertiary alicyclic amines) is 1. The topological polar surface area (TPSA) is 39.7 Å².